The van der Waals surface area contributed by atoms with Gasteiger partial charge in [0, 0.05) is 0 Å². The number of allylic oxidation sites excluding steroid dienone is 4. The summed E-state index contributed by atoms with van der Waals surface area (Å²) < 4.78 is 1.46. The van der Waals surface area contributed by atoms with Crippen LogP contribution in [0, 0.1) is 125 Å². The van der Waals surface area contributed by atoms with Crippen molar-refractivity contribution in [2.24, 2.45) is 0 Å². The molecule has 440 valence electrons. The first-order valence-electron chi connectivity index (χ1n) is 30.1. The predicted molar refractivity (Wildman–Crippen MR) is 361 cm³/mol. The summed E-state index contributed by atoms with van der Waals surface area (Å²) in [5.41, 5.74) is 43.3. The molecule has 1 unspecified atom stereocenters. The summed E-state index contributed by atoms with van der Waals surface area (Å²) >= 11 is 2.50. The Hall–Kier alpha value is -5.74. The molecule has 1 atom stereocenters. The van der Waals surface area contributed by atoms with Gasteiger partial charge in [-0.1, -0.05) is 0 Å². The predicted octanol–water partition coefficient (Wildman–Crippen LogP) is 11.7. The topological polar surface area (TPSA) is 0 Å². The number of rotatable bonds is 10. The van der Waals surface area contributed by atoms with Gasteiger partial charge < -0.3 is 37.2 Å². The normalized spacial score (nSPS) is 14.1. The maximum Gasteiger partial charge on any atom is -1.00 e. The van der Waals surface area contributed by atoms with E-state index in [2.05, 4.69) is 300 Å². The van der Waals surface area contributed by atoms with Crippen LogP contribution >= 0.6 is 0 Å². The molecule has 0 saturated carbocycles. The molecule has 86 heavy (non-hydrogen) atoms. The maximum atomic E-state index is 2.71. The van der Waals surface area contributed by atoms with E-state index in [9.17, 15) is 0 Å². The minimum atomic E-state index is -3.70. The number of halogens is 3. The van der Waals surface area contributed by atoms with Crippen LogP contribution in [0.15, 0.2) is 148 Å². The summed E-state index contributed by atoms with van der Waals surface area (Å²) in [5, 5.41) is 3.79. The van der Waals surface area contributed by atoms with Crippen molar-refractivity contribution in [3.63, 3.8) is 0 Å². The average molecular weight is 1240 g/mol. The van der Waals surface area contributed by atoms with Crippen LogP contribution in [0.3, 0.4) is 0 Å². The largest absolute Gasteiger partial charge is 1.00 e. The number of aryl methyl sites for hydroxylation is 18. The quantitative estimate of drug-likeness (QED) is 0.0946. The number of hydrogen-bond acceptors (Lipinski definition) is 0. The van der Waals surface area contributed by atoms with Gasteiger partial charge in [0.2, 0.25) is 0 Å². The molecule has 9 aromatic carbocycles. The molecule has 0 heterocycles. The Labute approximate surface area is 549 Å². The standard InChI is InChI=1S/C81H87Si.3ClH.Ti/c1-45-23-51(7)75(52(8)24-45)66-35-67(76-53(9)25-46(2)26-54(76)10)39-72(38-66)82(81(22)44-63(19)64(20)65(81)21,73-40-68(77-55(11)27-47(3)28-56(77)12)36-69(41-73)78-57(13)29-48(4)30-58(78)14)74-42-70(79-59(15)31-49(5)32-60(79)16)37-71(43-74)80-61(17)33-50(6)34-62(80)18;;;;/h23-43H,1-22H3;3*1H;/q;;;;+3/p-3. The maximum absolute atomic E-state index is 3.70. The van der Waals surface area contributed by atoms with Gasteiger partial charge in [-0.05, 0) is 0 Å². The zero-order valence-electron chi connectivity index (χ0n) is 55.3. The van der Waals surface area contributed by atoms with E-state index in [-0.39, 0.29) is 37.2 Å². The van der Waals surface area contributed by atoms with Crippen molar-refractivity contribution in [3.05, 3.63) is 248 Å². The van der Waals surface area contributed by atoms with Crippen molar-refractivity contribution in [3.8, 4) is 66.8 Å². The first kappa shape index (κ1) is 67.8. The molecule has 5 heteroatoms. The molecular weight excluding hydrogens is 1160 g/mol. The van der Waals surface area contributed by atoms with Crippen molar-refractivity contribution in [1.82, 2.24) is 0 Å². The summed E-state index contributed by atoms with van der Waals surface area (Å²) in [6.45, 7) is 51.5. The Morgan fingerprint density at radius 2 is 0.407 bits per heavy atom. The fourth-order valence-corrected chi connectivity index (χ4v) is 24.2. The van der Waals surface area contributed by atoms with Gasteiger partial charge in [0.1, 0.15) is 0 Å². The first-order valence-corrected chi connectivity index (χ1v) is 32.9. The van der Waals surface area contributed by atoms with Gasteiger partial charge in [-0.2, -0.15) is 0 Å². The van der Waals surface area contributed by atoms with E-state index in [4.69, 9.17) is 0 Å². The zero-order chi connectivity index (χ0) is 60.2. The Morgan fingerprint density at radius 3 is 0.547 bits per heavy atom. The molecule has 0 saturated heterocycles. The number of hydrogen-bond donors (Lipinski definition) is 0. The fourth-order valence-electron chi connectivity index (χ4n) is 16.5. The van der Waals surface area contributed by atoms with Crippen LogP contribution in [0.2, 0.25) is 5.04 Å². The van der Waals surface area contributed by atoms with Gasteiger partial charge in [-0.15, -0.1) is 0 Å². The smallest absolute Gasteiger partial charge is 1.00 e. The second-order valence-corrected chi connectivity index (χ2v) is 31.2. The molecular formula is C81H87Cl3SiTi. The van der Waals surface area contributed by atoms with Crippen molar-refractivity contribution >= 4 is 23.6 Å². The molecule has 0 amide bonds. The van der Waals surface area contributed by atoms with Crippen LogP contribution in [-0.4, -0.2) is 8.07 Å². The summed E-state index contributed by atoms with van der Waals surface area (Å²) in [6, 6.07) is 52.7. The summed E-state index contributed by atoms with van der Waals surface area (Å²) in [7, 11) is -3.70. The van der Waals surface area contributed by atoms with Gasteiger partial charge in [0.05, 0.1) is 0 Å². The van der Waals surface area contributed by atoms with E-state index in [1.807, 2.05) is 0 Å². The Balaban J connectivity index is 0.00000353. The molecule has 0 aromatic heterocycles. The van der Waals surface area contributed by atoms with E-state index < -0.39 is 13.1 Å². The Morgan fingerprint density at radius 1 is 0.244 bits per heavy atom. The summed E-state index contributed by atoms with van der Waals surface area (Å²) in [6.07, 6.45) is 0. The van der Waals surface area contributed by atoms with Crippen molar-refractivity contribution in [1.29, 1.82) is 0 Å². The van der Waals surface area contributed by atoms with Gasteiger partial charge in [0.15, 0.2) is 0 Å². The monoisotopic (exact) mass is 1240 g/mol. The second-order valence-electron chi connectivity index (χ2n) is 26.2. The van der Waals surface area contributed by atoms with Crippen LogP contribution in [0.4, 0.5) is 0 Å². The van der Waals surface area contributed by atoms with Gasteiger partial charge in [-0.25, -0.2) is 0 Å². The molecule has 9 aromatic rings. The van der Waals surface area contributed by atoms with Crippen molar-refractivity contribution in [2.75, 3.05) is 0 Å². The third-order valence-corrected chi connectivity index (χ3v) is 26.7. The molecule has 0 nitrogen and oxygen atoms in total. The van der Waals surface area contributed by atoms with Crippen LogP contribution in [-0.2, 0) is 20.4 Å². The molecule has 0 spiro atoms. The molecule has 0 bridgehead atoms. The Bertz CT molecular complexity index is 3520. The van der Waals surface area contributed by atoms with Crippen LogP contribution in [0.5, 0.6) is 0 Å². The first-order chi connectivity index (χ1) is 39.0. The molecule has 10 rings (SSSR count). The van der Waals surface area contributed by atoms with Gasteiger partial charge in [-0.3, -0.25) is 0 Å². The van der Waals surface area contributed by atoms with Crippen LogP contribution in [0.25, 0.3) is 66.8 Å². The molecule has 0 N–H and O–H groups in total. The van der Waals surface area contributed by atoms with E-state index in [1.54, 1.807) is 0 Å². The zero-order valence-corrected chi connectivity index (χ0v) is 60.1. The molecule has 0 radical (unpaired) electrons. The minimum Gasteiger partial charge on any atom is -1.00 e. The fraction of sp³-hybridized carbons (Fsp3) is 0.284. The third kappa shape index (κ3) is 11.5. The molecule has 1 aliphatic carbocycles. The van der Waals surface area contributed by atoms with Crippen LogP contribution < -0.4 is 52.8 Å². The molecule has 0 aliphatic heterocycles. The van der Waals surface area contributed by atoms with E-state index in [1.165, 1.54) is 203 Å². The Kier molecular flexibility index (Phi) is 20.0. The van der Waals surface area contributed by atoms with Gasteiger partial charge >= 0.3 is 516 Å². The van der Waals surface area contributed by atoms with E-state index >= 15 is 0 Å². The van der Waals surface area contributed by atoms with E-state index in [0.717, 1.165) is 0 Å². The third-order valence-electron chi connectivity index (χ3n) is 19.4. The van der Waals surface area contributed by atoms with Crippen molar-refractivity contribution in [2.45, 2.75) is 157 Å². The summed E-state index contributed by atoms with van der Waals surface area (Å²) in [4.78, 5) is 0. The average Bonchev–Trinajstić information content (AvgIpc) is 1.27. The minimum absolute atomic E-state index is 0. The second kappa shape index (κ2) is 25.4. The molecule has 1 aliphatic rings. The van der Waals surface area contributed by atoms with Gasteiger partial charge in [0.25, 0.3) is 0 Å². The number of benzene rings is 9. The summed E-state index contributed by atoms with van der Waals surface area (Å²) in [5.74, 6) is 0. The molecule has 0 fully saturated rings. The SMILES string of the molecule is CC1=C(C)C(C)([Si](c2cc(-c3c(C)cc(C)cc3C)cc(-c3c(C)cc(C)cc3C)c2)(c2cc(-c3c(C)cc(C)cc3C)cc(-c3c(C)cc(C)cc3C)c2)c2cc(-c3c(C)cc(C)cc3C)cc(-c3c(C)cc(C)cc3C)c2)[C]([Ti+3])=C1C.[Cl-].[Cl-].[Cl-]. The van der Waals surface area contributed by atoms with Crippen molar-refractivity contribution < 1.29 is 57.7 Å². The van der Waals surface area contributed by atoms with Crippen LogP contribution in [0.1, 0.15) is 128 Å². The van der Waals surface area contributed by atoms with E-state index in [0.29, 0.717) is 0 Å².